The Bertz CT molecular complexity index is 641. The molecule has 0 unspecified atom stereocenters. The maximum Gasteiger partial charge on any atom is 0.126 e. The number of halogens is 2. The van der Waals surface area contributed by atoms with E-state index in [4.69, 9.17) is 5.73 Å². The van der Waals surface area contributed by atoms with E-state index in [0.717, 1.165) is 22.3 Å². The van der Waals surface area contributed by atoms with E-state index in [1.54, 1.807) is 13.0 Å². The van der Waals surface area contributed by atoms with Gasteiger partial charge in [-0.05, 0) is 48.7 Å². The molecule has 2 N–H and O–H groups in total. The molecule has 2 nitrogen and oxygen atoms in total. The molecule has 0 aliphatic heterocycles. The Morgan fingerprint density at radius 2 is 1.95 bits per heavy atom. The minimum absolute atomic E-state index is 0.208. The first-order valence-electron chi connectivity index (χ1n) is 6.90. The fourth-order valence-corrected chi connectivity index (χ4v) is 2.75. The van der Waals surface area contributed by atoms with Gasteiger partial charge in [0.05, 0.1) is 0 Å². The summed E-state index contributed by atoms with van der Waals surface area (Å²) in [4.78, 5) is 2.10. The second-order valence-corrected chi connectivity index (χ2v) is 6.25. The lowest BCUT2D eigenvalue weighted by Gasteiger charge is -2.25. The summed E-state index contributed by atoms with van der Waals surface area (Å²) in [7, 11) is 2.00. The van der Waals surface area contributed by atoms with Crippen LogP contribution in [0.3, 0.4) is 0 Å². The van der Waals surface area contributed by atoms with Crippen molar-refractivity contribution in [1.82, 2.24) is 0 Å². The molecular weight excluding hydrogens is 331 g/mol. The molecule has 0 spiro atoms. The van der Waals surface area contributed by atoms with Gasteiger partial charge in [-0.15, -0.1) is 0 Å². The average molecular weight is 351 g/mol. The van der Waals surface area contributed by atoms with Crippen molar-refractivity contribution in [2.75, 3.05) is 11.9 Å². The highest BCUT2D eigenvalue weighted by Crippen LogP contribution is 2.29. The van der Waals surface area contributed by atoms with E-state index in [2.05, 4.69) is 26.9 Å². The molecule has 0 fully saturated rings. The molecule has 4 heteroatoms. The Morgan fingerprint density at radius 1 is 1.29 bits per heavy atom. The molecule has 0 amide bonds. The Balaban J connectivity index is 2.37. The molecule has 0 aromatic heterocycles. The molecule has 2 aromatic rings. The molecule has 0 saturated carbocycles. The summed E-state index contributed by atoms with van der Waals surface area (Å²) in [6.45, 7) is 4.38. The lowest BCUT2D eigenvalue weighted by atomic mass is 10.0. The van der Waals surface area contributed by atoms with E-state index in [0.29, 0.717) is 5.56 Å². The minimum atomic E-state index is -0.211. The summed E-state index contributed by atoms with van der Waals surface area (Å²) in [5.41, 5.74) is 9.60. The number of rotatable bonds is 4. The van der Waals surface area contributed by atoms with E-state index < -0.39 is 0 Å². The van der Waals surface area contributed by atoms with Crippen molar-refractivity contribution in [3.63, 3.8) is 0 Å². The van der Waals surface area contributed by atoms with E-state index in [9.17, 15) is 4.39 Å². The molecule has 21 heavy (non-hydrogen) atoms. The number of nitrogens with two attached hydrogens (primary N) is 1. The van der Waals surface area contributed by atoms with Crippen LogP contribution in [-0.4, -0.2) is 7.05 Å². The SMILES string of the molecule is Cc1cc(N(C)Cc2ccccc2Br)c([C@@H](C)N)cc1F. The third-order valence-corrected chi connectivity index (χ3v) is 4.35. The van der Waals surface area contributed by atoms with Crippen LogP contribution in [0.1, 0.15) is 29.7 Å². The third-order valence-electron chi connectivity index (χ3n) is 3.58. The van der Waals surface area contributed by atoms with Gasteiger partial charge >= 0.3 is 0 Å². The van der Waals surface area contributed by atoms with Crippen molar-refractivity contribution >= 4 is 21.6 Å². The van der Waals surface area contributed by atoms with Crippen LogP contribution in [0, 0.1) is 12.7 Å². The zero-order chi connectivity index (χ0) is 15.6. The van der Waals surface area contributed by atoms with Gasteiger partial charge in [0, 0.05) is 29.8 Å². The van der Waals surface area contributed by atoms with Gasteiger partial charge in [0.25, 0.3) is 0 Å². The van der Waals surface area contributed by atoms with Crippen LogP contribution in [0.25, 0.3) is 0 Å². The Labute approximate surface area is 133 Å². The highest BCUT2D eigenvalue weighted by atomic mass is 79.9. The van der Waals surface area contributed by atoms with Crippen LogP contribution in [0.15, 0.2) is 40.9 Å². The van der Waals surface area contributed by atoms with Crippen molar-refractivity contribution in [3.8, 4) is 0 Å². The van der Waals surface area contributed by atoms with Gasteiger partial charge in [-0.1, -0.05) is 34.1 Å². The van der Waals surface area contributed by atoms with Crippen LogP contribution < -0.4 is 10.6 Å². The monoisotopic (exact) mass is 350 g/mol. The van der Waals surface area contributed by atoms with Crippen molar-refractivity contribution in [2.45, 2.75) is 26.4 Å². The topological polar surface area (TPSA) is 29.3 Å². The zero-order valence-electron chi connectivity index (χ0n) is 12.5. The molecule has 1 atom stereocenters. The van der Waals surface area contributed by atoms with Crippen molar-refractivity contribution in [2.24, 2.45) is 5.73 Å². The highest BCUT2D eigenvalue weighted by molar-refractivity contribution is 9.10. The molecule has 0 radical (unpaired) electrons. The molecule has 0 aliphatic carbocycles. The summed E-state index contributed by atoms with van der Waals surface area (Å²) in [5.74, 6) is -0.208. The fourth-order valence-electron chi connectivity index (χ4n) is 2.34. The largest absolute Gasteiger partial charge is 0.370 e. The smallest absolute Gasteiger partial charge is 0.126 e. The van der Waals surface area contributed by atoms with Gasteiger partial charge in [0.1, 0.15) is 5.82 Å². The second kappa shape index (κ2) is 6.58. The van der Waals surface area contributed by atoms with Crippen molar-refractivity contribution in [3.05, 3.63) is 63.4 Å². The van der Waals surface area contributed by atoms with Crippen molar-refractivity contribution < 1.29 is 4.39 Å². The van der Waals surface area contributed by atoms with Crippen LogP contribution in [0.2, 0.25) is 0 Å². The van der Waals surface area contributed by atoms with Gasteiger partial charge < -0.3 is 10.6 Å². The molecule has 0 heterocycles. The van der Waals surface area contributed by atoms with E-state index in [1.807, 2.05) is 38.2 Å². The maximum absolute atomic E-state index is 13.8. The van der Waals surface area contributed by atoms with Crippen LogP contribution in [-0.2, 0) is 6.54 Å². The normalized spacial score (nSPS) is 12.3. The first-order chi connectivity index (χ1) is 9.90. The number of benzene rings is 2. The van der Waals surface area contributed by atoms with E-state index in [-0.39, 0.29) is 11.9 Å². The minimum Gasteiger partial charge on any atom is -0.370 e. The lowest BCUT2D eigenvalue weighted by molar-refractivity contribution is 0.612. The van der Waals surface area contributed by atoms with Gasteiger partial charge in [-0.25, -0.2) is 4.39 Å². The fraction of sp³-hybridized carbons (Fsp3) is 0.294. The summed E-state index contributed by atoms with van der Waals surface area (Å²) < 4.78 is 14.9. The standard InChI is InChI=1S/C17H20BrFN2/c1-11-8-17(14(12(2)20)9-16(11)19)21(3)10-13-6-4-5-7-15(13)18/h4-9,12H,10,20H2,1-3H3/t12-/m1/s1. The molecule has 0 aliphatic rings. The summed E-state index contributed by atoms with van der Waals surface area (Å²) in [5, 5.41) is 0. The number of anilines is 1. The number of hydrogen-bond acceptors (Lipinski definition) is 2. The van der Waals surface area contributed by atoms with Gasteiger partial charge in [0.15, 0.2) is 0 Å². The first kappa shape index (κ1) is 16.0. The predicted octanol–water partition coefficient (Wildman–Crippen LogP) is 4.55. The van der Waals surface area contributed by atoms with Crippen LogP contribution >= 0.6 is 15.9 Å². The molecule has 0 bridgehead atoms. The average Bonchev–Trinajstić information content (AvgIpc) is 2.43. The zero-order valence-corrected chi connectivity index (χ0v) is 14.1. The highest BCUT2D eigenvalue weighted by Gasteiger charge is 2.15. The maximum atomic E-state index is 13.8. The first-order valence-corrected chi connectivity index (χ1v) is 7.69. The number of aryl methyl sites for hydroxylation is 1. The van der Waals surface area contributed by atoms with Gasteiger partial charge in [-0.3, -0.25) is 0 Å². The Hall–Kier alpha value is -1.39. The number of nitrogens with zero attached hydrogens (tertiary/aromatic N) is 1. The second-order valence-electron chi connectivity index (χ2n) is 5.40. The number of hydrogen-bond donors (Lipinski definition) is 1. The molecular formula is C17H20BrFN2. The predicted molar refractivity (Wildman–Crippen MR) is 90.0 cm³/mol. The Morgan fingerprint density at radius 3 is 2.57 bits per heavy atom. The van der Waals surface area contributed by atoms with E-state index in [1.165, 1.54) is 5.56 Å². The summed E-state index contributed by atoms with van der Waals surface area (Å²) in [6.07, 6.45) is 0. The third kappa shape index (κ3) is 3.63. The van der Waals surface area contributed by atoms with Crippen LogP contribution in [0.4, 0.5) is 10.1 Å². The molecule has 112 valence electrons. The molecule has 0 saturated heterocycles. The lowest BCUT2D eigenvalue weighted by Crippen LogP contribution is -2.21. The molecule has 2 aromatic carbocycles. The van der Waals surface area contributed by atoms with E-state index >= 15 is 0 Å². The Kier molecular flexibility index (Phi) is 5.01. The van der Waals surface area contributed by atoms with Crippen molar-refractivity contribution in [1.29, 1.82) is 0 Å². The van der Waals surface area contributed by atoms with Gasteiger partial charge in [0.2, 0.25) is 0 Å². The summed E-state index contributed by atoms with van der Waals surface area (Å²) >= 11 is 3.56. The van der Waals surface area contributed by atoms with Crippen LogP contribution in [0.5, 0.6) is 0 Å². The quantitative estimate of drug-likeness (QED) is 0.876. The summed E-state index contributed by atoms with van der Waals surface area (Å²) in [6, 6.07) is 11.3. The molecule has 2 rings (SSSR count). The van der Waals surface area contributed by atoms with Gasteiger partial charge in [-0.2, -0.15) is 0 Å².